The van der Waals surface area contributed by atoms with Crippen molar-refractivity contribution in [2.24, 2.45) is 5.41 Å². The standard InChI is InChI=1S/C20H21N5O4/c1-13-17(18(26)22-12-20(19(27)28)6-9-29-10-7-20)23-24-25(13)15-4-5-16-14(11-15)3-2-8-21-16/h2-5,8,11H,6-7,9-10,12H2,1H3,(H,22,26)(H,27,28). The molecule has 1 aliphatic rings. The third kappa shape index (κ3) is 3.56. The van der Waals surface area contributed by atoms with Gasteiger partial charge in [-0.25, -0.2) is 4.68 Å². The number of amides is 1. The first-order valence-electron chi connectivity index (χ1n) is 9.37. The topological polar surface area (TPSA) is 119 Å². The van der Waals surface area contributed by atoms with Crippen LogP contribution < -0.4 is 5.32 Å². The van der Waals surface area contributed by atoms with Gasteiger partial charge in [0.2, 0.25) is 0 Å². The number of ether oxygens (including phenoxy) is 1. The third-order valence-corrected chi connectivity index (χ3v) is 5.43. The van der Waals surface area contributed by atoms with Gasteiger partial charge in [-0.15, -0.1) is 5.10 Å². The maximum atomic E-state index is 12.7. The average molecular weight is 395 g/mol. The molecule has 1 aliphatic heterocycles. The van der Waals surface area contributed by atoms with E-state index in [0.29, 0.717) is 31.7 Å². The number of aromatic nitrogens is 4. The summed E-state index contributed by atoms with van der Waals surface area (Å²) >= 11 is 0. The molecule has 9 nitrogen and oxygen atoms in total. The van der Waals surface area contributed by atoms with Crippen LogP contribution in [0.5, 0.6) is 0 Å². The number of hydrogen-bond acceptors (Lipinski definition) is 6. The lowest BCUT2D eigenvalue weighted by atomic mass is 9.80. The molecule has 1 aromatic carbocycles. The van der Waals surface area contributed by atoms with Crippen LogP contribution in [0.1, 0.15) is 29.0 Å². The number of aliphatic carboxylic acids is 1. The van der Waals surface area contributed by atoms with Crippen molar-refractivity contribution in [3.63, 3.8) is 0 Å². The number of carboxylic acids is 1. The zero-order chi connectivity index (χ0) is 20.4. The number of nitrogens with zero attached hydrogens (tertiary/aromatic N) is 4. The molecule has 0 atom stereocenters. The summed E-state index contributed by atoms with van der Waals surface area (Å²) < 4.78 is 6.85. The molecule has 4 rings (SSSR count). The lowest BCUT2D eigenvalue weighted by Crippen LogP contribution is -2.46. The number of fused-ring (bicyclic) bond motifs is 1. The molecule has 0 saturated carbocycles. The smallest absolute Gasteiger partial charge is 0.311 e. The molecule has 0 spiro atoms. The highest BCUT2D eigenvalue weighted by Gasteiger charge is 2.40. The molecule has 0 unspecified atom stereocenters. The normalized spacial score (nSPS) is 15.9. The molecule has 3 aromatic rings. The largest absolute Gasteiger partial charge is 0.481 e. The summed E-state index contributed by atoms with van der Waals surface area (Å²) in [5.74, 6) is -1.37. The first-order valence-corrected chi connectivity index (χ1v) is 9.37. The van der Waals surface area contributed by atoms with Gasteiger partial charge in [0.1, 0.15) is 0 Å². The highest BCUT2D eigenvalue weighted by Crippen LogP contribution is 2.30. The van der Waals surface area contributed by atoms with E-state index in [1.165, 1.54) is 0 Å². The van der Waals surface area contributed by atoms with Gasteiger partial charge < -0.3 is 15.2 Å². The molecule has 2 N–H and O–H groups in total. The maximum Gasteiger partial charge on any atom is 0.311 e. The predicted octanol–water partition coefficient (Wildman–Crippen LogP) is 1.74. The molecule has 3 heterocycles. The van der Waals surface area contributed by atoms with E-state index in [4.69, 9.17) is 4.74 Å². The molecule has 0 aliphatic carbocycles. The summed E-state index contributed by atoms with van der Waals surface area (Å²) in [6.07, 6.45) is 2.45. The molecule has 29 heavy (non-hydrogen) atoms. The van der Waals surface area contributed by atoms with E-state index in [9.17, 15) is 14.7 Å². The second kappa shape index (κ2) is 7.59. The van der Waals surface area contributed by atoms with Crippen LogP contribution in [-0.2, 0) is 9.53 Å². The van der Waals surface area contributed by atoms with E-state index in [0.717, 1.165) is 16.6 Å². The van der Waals surface area contributed by atoms with Crippen LogP contribution in [0.2, 0.25) is 0 Å². The molecule has 150 valence electrons. The lowest BCUT2D eigenvalue weighted by molar-refractivity contribution is -0.154. The van der Waals surface area contributed by atoms with Gasteiger partial charge in [-0.1, -0.05) is 11.3 Å². The number of carbonyl (C=O) groups is 2. The van der Waals surface area contributed by atoms with Crippen molar-refractivity contribution in [3.8, 4) is 5.69 Å². The summed E-state index contributed by atoms with van der Waals surface area (Å²) in [6, 6.07) is 9.47. The summed E-state index contributed by atoms with van der Waals surface area (Å²) in [7, 11) is 0. The third-order valence-electron chi connectivity index (χ3n) is 5.43. The van der Waals surface area contributed by atoms with Gasteiger partial charge in [0.15, 0.2) is 5.69 Å². The molecule has 9 heteroatoms. The summed E-state index contributed by atoms with van der Waals surface area (Å²) in [4.78, 5) is 28.7. The Balaban J connectivity index is 1.54. The Morgan fingerprint density at radius 3 is 2.83 bits per heavy atom. The second-order valence-corrected chi connectivity index (χ2v) is 7.20. The number of hydrogen-bond donors (Lipinski definition) is 2. The summed E-state index contributed by atoms with van der Waals surface area (Å²) in [6.45, 7) is 2.52. The highest BCUT2D eigenvalue weighted by atomic mass is 16.5. The fourth-order valence-electron chi connectivity index (χ4n) is 3.54. The van der Waals surface area contributed by atoms with Crippen molar-refractivity contribution >= 4 is 22.8 Å². The Labute approximate surface area is 166 Å². The Bertz CT molecular complexity index is 1070. The summed E-state index contributed by atoms with van der Waals surface area (Å²) in [5, 5.41) is 21.4. The van der Waals surface area contributed by atoms with Gasteiger partial charge in [-0.2, -0.15) is 0 Å². The number of benzene rings is 1. The van der Waals surface area contributed by atoms with E-state index in [2.05, 4.69) is 20.6 Å². The number of carbonyl (C=O) groups excluding carboxylic acids is 1. The van der Waals surface area contributed by atoms with Gasteiger partial charge in [0.25, 0.3) is 5.91 Å². The van der Waals surface area contributed by atoms with E-state index in [-0.39, 0.29) is 12.2 Å². The quantitative estimate of drug-likeness (QED) is 0.675. The van der Waals surface area contributed by atoms with Gasteiger partial charge in [0, 0.05) is 31.3 Å². The van der Waals surface area contributed by atoms with E-state index >= 15 is 0 Å². The van der Waals surface area contributed by atoms with Gasteiger partial charge >= 0.3 is 5.97 Å². The zero-order valence-corrected chi connectivity index (χ0v) is 16.0. The number of nitrogens with one attached hydrogen (secondary N) is 1. The van der Waals surface area contributed by atoms with Crippen LogP contribution in [-0.4, -0.2) is 56.7 Å². The first-order chi connectivity index (χ1) is 14.0. The number of pyridine rings is 1. The van der Waals surface area contributed by atoms with E-state index in [1.807, 2.05) is 30.3 Å². The Morgan fingerprint density at radius 1 is 1.28 bits per heavy atom. The van der Waals surface area contributed by atoms with Crippen molar-refractivity contribution in [2.75, 3.05) is 19.8 Å². The zero-order valence-electron chi connectivity index (χ0n) is 16.0. The Hall–Kier alpha value is -3.33. The molecule has 2 aromatic heterocycles. The monoisotopic (exact) mass is 395 g/mol. The molecular formula is C20H21N5O4. The van der Waals surface area contributed by atoms with Crippen LogP contribution in [0.4, 0.5) is 0 Å². The fraction of sp³-hybridized carbons (Fsp3) is 0.350. The van der Waals surface area contributed by atoms with Gasteiger partial charge in [-0.05, 0) is 44.0 Å². The second-order valence-electron chi connectivity index (χ2n) is 7.20. The van der Waals surface area contributed by atoms with Gasteiger partial charge in [-0.3, -0.25) is 14.6 Å². The SMILES string of the molecule is Cc1c(C(=O)NCC2(C(=O)O)CCOCC2)nnn1-c1ccc2ncccc2c1. The highest BCUT2D eigenvalue weighted by molar-refractivity contribution is 5.93. The molecule has 1 fully saturated rings. The molecular weight excluding hydrogens is 374 g/mol. The minimum Gasteiger partial charge on any atom is -0.481 e. The maximum absolute atomic E-state index is 12.7. The summed E-state index contributed by atoms with van der Waals surface area (Å²) in [5.41, 5.74) is 1.36. The molecule has 0 bridgehead atoms. The van der Waals surface area contributed by atoms with Gasteiger partial charge in [0.05, 0.1) is 22.3 Å². The number of carboxylic acid groups (broad SMARTS) is 1. The fourth-order valence-corrected chi connectivity index (χ4v) is 3.54. The van der Waals surface area contributed by atoms with Crippen LogP contribution in [0.3, 0.4) is 0 Å². The van der Waals surface area contributed by atoms with E-state index < -0.39 is 17.3 Å². The van der Waals surface area contributed by atoms with Crippen LogP contribution in [0, 0.1) is 12.3 Å². The molecule has 1 amide bonds. The Morgan fingerprint density at radius 2 is 2.07 bits per heavy atom. The van der Waals surface area contributed by atoms with Crippen molar-refractivity contribution in [1.82, 2.24) is 25.3 Å². The van der Waals surface area contributed by atoms with Crippen LogP contribution >= 0.6 is 0 Å². The lowest BCUT2D eigenvalue weighted by Gasteiger charge is -2.33. The minimum absolute atomic E-state index is 0.0263. The van der Waals surface area contributed by atoms with Crippen molar-refractivity contribution < 1.29 is 19.4 Å². The van der Waals surface area contributed by atoms with Crippen molar-refractivity contribution in [1.29, 1.82) is 0 Å². The molecule has 0 radical (unpaired) electrons. The van der Waals surface area contributed by atoms with E-state index in [1.54, 1.807) is 17.8 Å². The van der Waals surface area contributed by atoms with Crippen molar-refractivity contribution in [2.45, 2.75) is 19.8 Å². The molecule has 1 saturated heterocycles. The van der Waals surface area contributed by atoms with Crippen LogP contribution in [0.25, 0.3) is 16.6 Å². The predicted molar refractivity (Wildman–Crippen MR) is 104 cm³/mol. The van der Waals surface area contributed by atoms with Crippen LogP contribution in [0.15, 0.2) is 36.5 Å². The first kappa shape index (κ1) is 19.0. The average Bonchev–Trinajstić information content (AvgIpc) is 3.13. The number of rotatable bonds is 5. The van der Waals surface area contributed by atoms with Crippen molar-refractivity contribution in [3.05, 3.63) is 47.9 Å². The minimum atomic E-state index is -1.01. The Kier molecular flexibility index (Phi) is 4.98.